The Kier molecular flexibility index (Phi) is 4.53. The average molecular weight is 330 g/mol. The van der Waals surface area contributed by atoms with Gasteiger partial charge in [-0.1, -0.05) is 48.5 Å². The van der Waals surface area contributed by atoms with Crippen molar-refractivity contribution in [2.75, 3.05) is 11.1 Å². The zero-order valence-corrected chi connectivity index (χ0v) is 13.1. The molecule has 3 aromatic rings. The number of para-hydroxylation sites is 1. The van der Waals surface area contributed by atoms with Crippen molar-refractivity contribution in [2.45, 2.75) is 0 Å². The first kappa shape index (κ1) is 16.0. The fourth-order valence-electron chi connectivity index (χ4n) is 2.15. The van der Waals surface area contributed by atoms with Crippen molar-refractivity contribution < 1.29 is 0 Å². The molecule has 0 radical (unpaired) electrons. The zero-order chi connectivity index (χ0) is 17.6. The molecule has 1 aromatic heterocycles. The van der Waals surface area contributed by atoms with Crippen LogP contribution in [0.2, 0.25) is 0 Å². The van der Waals surface area contributed by atoms with Gasteiger partial charge < -0.3 is 11.1 Å². The maximum atomic E-state index is 12.5. The van der Waals surface area contributed by atoms with Crippen molar-refractivity contribution in [1.82, 2.24) is 9.66 Å². The fraction of sp³-hybridized carbons (Fsp3) is 0. The summed E-state index contributed by atoms with van der Waals surface area (Å²) < 4.78 is 0.904. The first-order valence-corrected chi connectivity index (χ1v) is 7.43. The number of anilines is 3. The van der Waals surface area contributed by atoms with Crippen molar-refractivity contribution in [1.29, 1.82) is 5.26 Å². The van der Waals surface area contributed by atoms with Crippen LogP contribution in [-0.4, -0.2) is 15.9 Å². The first-order valence-electron chi connectivity index (χ1n) is 7.43. The van der Waals surface area contributed by atoms with Crippen LogP contribution in [0.1, 0.15) is 11.1 Å². The molecule has 3 rings (SSSR count). The first-order chi connectivity index (χ1) is 12.2. The molecule has 3 N–H and O–H groups in total. The second-order valence-electron chi connectivity index (χ2n) is 5.07. The molecule has 0 aliphatic carbocycles. The van der Waals surface area contributed by atoms with Gasteiger partial charge in [0.2, 0.25) is 5.95 Å². The number of nitrogen functional groups attached to an aromatic ring is 1. The molecule has 0 fully saturated rings. The molecule has 2 aromatic carbocycles. The van der Waals surface area contributed by atoms with Gasteiger partial charge in [-0.15, -0.1) is 0 Å². The highest BCUT2D eigenvalue weighted by molar-refractivity contribution is 5.79. The number of benzene rings is 2. The molecule has 7 heteroatoms. The maximum Gasteiger partial charge on any atom is 0.295 e. The minimum atomic E-state index is -0.638. The molecule has 7 nitrogen and oxygen atoms in total. The van der Waals surface area contributed by atoms with Gasteiger partial charge in [-0.25, -0.2) is 0 Å². The summed E-state index contributed by atoms with van der Waals surface area (Å²) in [6.07, 6.45) is 1.48. The lowest BCUT2D eigenvalue weighted by atomic mass is 10.2. The maximum absolute atomic E-state index is 12.5. The minimum Gasteiger partial charge on any atom is -0.368 e. The van der Waals surface area contributed by atoms with Crippen molar-refractivity contribution in [3.05, 3.63) is 82.1 Å². The molecule has 25 heavy (non-hydrogen) atoms. The van der Waals surface area contributed by atoms with E-state index in [4.69, 9.17) is 5.73 Å². The van der Waals surface area contributed by atoms with Gasteiger partial charge >= 0.3 is 0 Å². The van der Waals surface area contributed by atoms with Crippen molar-refractivity contribution in [3.63, 3.8) is 0 Å². The SMILES string of the molecule is N#Cc1c(Nc2ccccc2)nc(N)n(/N=C/c2ccccc2)c1=O. The van der Waals surface area contributed by atoms with Gasteiger partial charge in [-0.2, -0.15) is 20.0 Å². The number of aromatic nitrogens is 2. The lowest BCUT2D eigenvalue weighted by molar-refractivity contribution is 0.816. The number of nitriles is 1. The van der Waals surface area contributed by atoms with Crippen LogP contribution in [0.15, 0.2) is 70.6 Å². The molecule has 0 saturated heterocycles. The Morgan fingerprint density at radius 1 is 1.12 bits per heavy atom. The van der Waals surface area contributed by atoms with Gasteiger partial charge in [-0.05, 0) is 17.7 Å². The van der Waals surface area contributed by atoms with E-state index in [1.165, 1.54) is 6.21 Å². The number of nitrogens with one attached hydrogen (secondary N) is 1. The molecular weight excluding hydrogens is 316 g/mol. The third kappa shape index (κ3) is 3.54. The fourth-order valence-corrected chi connectivity index (χ4v) is 2.15. The summed E-state index contributed by atoms with van der Waals surface area (Å²) in [7, 11) is 0. The van der Waals surface area contributed by atoms with Crippen LogP contribution in [0, 0.1) is 11.3 Å². The Labute approximate surface area is 143 Å². The lowest BCUT2D eigenvalue weighted by Crippen LogP contribution is -2.25. The normalized spacial score (nSPS) is 10.5. The molecule has 1 heterocycles. The molecule has 0 atom stereocenters. The Hall–Kier alpha value is -3.92. The Bertz CT molecular complexity index is 1000. The van der Waals surface area contributed by atoms with E-state index in [-0.39, 0.29) is 17.3 Å². The third-order valence-corrected chi connectivity index (χ3v) is 3.36. The second-order valence-corrected chi connectivity index (χ2v) is 5.07. The predicted molar refractivity (Wildman–Crippen MR) is 96.8 cm³/mol. The lowest BCUT2D eigenvalue weighted by Gasteiger charge is -2.10. The standard InChI is InChI=1S/C18H14N6O/c19-11-15-16(22-14-9-5-2-6-10-14)23-18(20)24(17(15)25)21-12-13-7-3-1-4-8-13/h1-10,12,22H,(H2,20,23)/b21-12+. The van der Waals surface area contributed by atoms with Gasteiger partial charge in [0.25, 0.3) is 5.56 Å². The Morgan fingerprint density at radius 3 is 2.40 bits per heavy atom. The van der Waals surface area contributed by atoms with Gasteiger partial charge in [0.15, 0.2) is 11.4 Å². The average Bonchev–Trinajstić information content (AvgIpc) is 2.63. The highest BCUT2D eigenvalue weighted by Crippen LogP contribution is 2.17. The van der Waals surface area contributed by atoms with Crippen molar-refractivity contribution in [2.24, 2.45) is 5.10 Å². The van der Waals surface area contributed by atoms with Gasteiger partial charge in [0.05, 0.1) is 6.21 Å². The number of nitrogens with two attached hydrogens (primary N) is 1. The molecule has 0 saturated carbocycles. The summed E-state index contributed by atoms with van der Waals surface area (Å²) in [5.41, 5.74) is 6.53. The predicted octanol–water partition coefficient (Wildman–Crippen LogP) is 2.32. The van der Waals surface area contributed by atoms with E-state index < -0.39 is 5.56 Å². The largest absolute Gasteiger partial charge is 0.368 e. The van der Waals surface area contributed by atoms with Gasteiger partial charge in [0.1, 0.15) is 6.07 Å². The third-order valence-electron chi connectivity index (χ3n) is 3.36. The van der Waals surface area contributed by atoms with E-state index in [9.17, 15) is 10.1 Å². The van der Waals surface area contributed by atoms with Crippen LogP contribution < -0.4 is 16.6 Å². The van der Waals surface area contributed by atoms with E-state index >= 15 is 0 Å². The number of nitrogens with zero attached hydrogens (tertiary/aromatic N) is 4. The summed E-state index contributed by atoms with van der Waals surface area (Å²) in [6, 6.07) is 20.2. The van der Waals surface area contributed by atoms with Crippen LogP contribution in [0.4, 0.5) is 17.5 Å². The summed E-state index contributed by atoms with van der Waals surface area (Å²) in [6.45, 7) is 0. The molecule has 0 amide bonds. The molecule has 122 valence electrons. The Balaban J connectivity index is 2.01. The van der Waals surface area contributed by atoms with Crippen LogP contribution in [0.3, 0.4) is 0 Å². The van der Waals surface area contributed by atoms with Crippen LogP contribution in [0.5, 0.6) is 0 Å². The number of hydrogen-bond donors (Lipinski definition) is 2. The van der Waals surface area contributed by atoms with Crippen LogP contribution >= 0.6 is 0 Å². The number of rotatable bonds is 4. The molecule has 0 spiro atoms. The number of hydrogen-bond acceptors (Lipinski definition) is 6. The van der Waals surface area contributed by atoms with Crippen LogP contribution in [0.25, 0.3) is 0 Å². The highest BCUT2D eigenvalue weighted by Gasteiger charge is 2.15. The monoisotopic (exact) mass is 330 g/mol. The van der Waals surface area contributed by atoms with E-state index in [0.717, 1.165) is 10.2 Å². The van der Waals surface area contributed by atoms with Gasteiger partial charge in [-0.3, -0.25) is 4.79 Å². The van der Waals surface area contributed by atoms with E-state index in [0.29, 0.717) is 5.69 Å². The second kappa shape index (κ2) is 7.10. The molecule has 0 bridgehead atoms. The van der Waals surface area contributed by atoms with E-state index in [1.54, 1.807) is 12.1 Å². The zero-order valence-electron chi connectivity index (χ0n) is 13.1. The molecular formula is C18H14N6O. The molecule has 0 unspecified atom stereocenters. The summed E-state index contributed by atoms with van der Waals surface area (Å²) in [5.74, 6) is -0.0167. The molecule has 0 aliphatic rings. The summed E-state index contributed by atoms with van der Waals surface area (Å²) in [4.78, 5) is 16.6. The van der Waals surface area contributed by atoms with Crippen molar-refractivity contribution in [3.8, 4) is 6.07 Å². The summed E-state index contributed by atoms with van der Waals surface area (Å²) >= 11 is 0. The quantitative estimate of drug-likeness (QED) is 0.714. The van der Waals surface area contributed by atoms with E-state index in [1.807, 2.05) is 54.6 Å². The molecule has 0 aliphatic heterocycles. The van der Waals surface area contributed by atoms with Gasteiger partial charge in [0, 0.05) is 5.69 Å². The minimum absolute atomic E-state index is 0.0994. The topological polar surface area (TPSA) is 109 Å². The Morgan fingerprint density at radius 2 is 1.76 bits per heavy atom. The summed E-state index contributed by atoms with van der Waals surface area (Å²) in [5, 5.41) is 16.3. The van der Waals surface area contributed by atoms with E-state index in [2.05, 4.69) is 15.4 Å². The smallest absolute Gasteiger partial charge is 0.295 e. The van der Waals surface area contributed by atoms with Crippen molar-refractivity contribution >= 4 is 23.7 Å². The highest BCUT2D eigenvalue weighted by atomic mass is 16.1. The van der Waals surface area contributed by atoms with Crippen LogP contribution in [-0.2, 0) is 0 Å².